The molecule has 1 heterocycles. The van der Waals surface area contributed by atoms with E-state index in [1.807, 2.05) is 11.8 Å². The number of nitrogens with two attached hydrogens (primary N) is 1. The maximum Gasteiger partial charge on any atom is 0.270 e. The van der Waals surface area contributed by atoms with E-state index in [9.17, 15) is 4.79 Å². The number of nitrogens with zero attached hydrogens (tertiary/aromatic N) is 1. The molecule has 1 aromatic heterocycles. The molecule has 1 amide bonds. The van der Waals surface area contributed by atoms with Crippen LogP contribution in [0.5, 0.6) is 0 Å². The first-order chi connectivity index (χ1) is 7.65. The lowest BCUT2D eigenvalue weighted by Crippen LogP contribution is -2.45. The molecule has 88 valence electrons. The zero-order chi connectivity index (χ0) is 11.6. The number of nitrogens with one attached hydrogen (secondary N) is 1. The van der Waals surface area contributed by atoms with Crippen molar-refractivity contribution in [3.05, 3.63) is 11.1 Å². The summed E-state index contributed by atoms with van der Waals surface area (Å²) in [6.07, 6.45) is 5.74. The van der Waals surface area contributed by atoms with Crippen molar-refractivity contribution in [3.8, 4) is 0 Å². The molecule has 2 rings (SSSR count). The van der Waals surface area contributed by atoms with E-state index in [1.165, 1.54) is 30.6 Å². The van der Waals surface area contributed by atoms with Crippen LogP contribution >= 0.6 is 23.1 Å². The molecule has 0 unspecified atom stereocenters. The van der Waals surface area contributed by atoms with Crippen molar-refractivity contribution in [2.45, 2.75) is 24.0 Å². The number of carbonyl (C=O) groups excluding carboxylic acids is 1. The summed E-state index contributed by atoms with van der Waals surface area (Å²) in [4.78, 5) is 15.7. The monoisotopic (exact) mass is 257 g/mol. The second-order valence-corrected chi connectivity index (χ2v) is 6.16. The minimum Gasteiger partial charge on any atom is -0.375 e. The summed E-state index contributed by atoms with van der Waals surface area (Å²) in [6.45, 7) is 0.727. The van der Waals surface area contributed by atoms with Crippen molar-refractivity contribution >= 4 is 34.1 Å². The number of amides is 1. The number of carbonyl (C=O) groups is 1. The number of thioether (sulfide) groups is 1. The Hall–Kier alpha value is -0.750. The summed E-state index contributed by atoms with van der Waals surface area (Å²) < 4.78 is 0.261. The second-order valence-electron chi connectivity index (χ2n) is 3.99. The van der Waals surface area contributed by atoms with Crippen molar-refractivity contribution in [3.63, 3.8) is 0 Å². The molecule has 1 saturated carbocycles. The van der Waals surface area contributed by atoms with Gasteiger partial charge < -0.3 is 11.1 Å². The fourth-order valence-corrected chi connectivity index (χ4v) is 3.20. The lowest BCUT2D eigenvalue weighted by atomic mass is 9.84. The Labute approximate surface area is 103 Å². The fourth-order valence-electron chi connectivity index (χ4n) is 1.75. The van der Waals surface area contributed by atoms with Crippen LogP contribution < -0.4 is 11.1 Å². The first kappa shape index (κ1) is 11.7. The molecule has 1 aliphatic rings. The average Bonchev–Trinajstić information content (AvgIpc) is 2.64. The van der Waals surface area contributed by atoms with Crippen LogP contribution in [-0.4, -0.2) is 28.4 Å². The topological polar surface area (TPSA) is 68.0 Å². The molecule has 1 fully saturated rings. The largest absolute Gasteiger partial charge is 0.375 e. The second kappa shape index (κ2) is 4.63. The van der Waals surface area contributed by atoms with Gasteiger partial charge in [-0.15, -0.1) is 11.3 Å². The molecule has 0 aliphatic heterocycles. The molecular formula is C10H15N3OS2. The highest BCUT2D eigenvalue weighted by molar-refractivity contribution is 8.00. The zero-order valence-electron chi connectivity index (χ0n) is 9.16. The van der Waals surface area contributed by atoms with Gasteiger partial charge >= 0.3 is 0 Å². The average molecular weight is 257 g/mol. The molecule has 0 spiro atoms. The third kappa shape index (κ3) is 2.32. The minimum atomic E-state index is -0.117. The van der Waals surface area contributed by atoms with Crippen LogP contribution in [0.15, 0.2) is 5.38 Å². The Morgan fingerprint density at radius 1 is 1.75 bits per heavy atom. The molecule has 0 aromatic carbocycles. The van der Waals surface area contributed by atoms with Gasteiger partial charge in [0.05, 0.1) is 0 Å². The number of thiazole rings is 1. The molecule has 0 saturated heterocycles. The lowest BCUT2D eigenvalue weighted by Gasteiger charge is -2.40. The van der Waals surface area contributed by atoms with Gasteiger partial charge in [-0.25, -0.2) is 4.98 Å². The number of nitrogen functional groups attached to an aromatic ring is 1. The Morgan fingerprint density at radius 2 is 2.50 bits per heavy atom. The molecule has 6 heteroatoms. The summed E-state index contributed by atoms with van der Waals surface area (Å²) in [5, 5.41) is 5.06. The summed E-state index contributed by atoms with van der Waals surface area (Å²) >= 11 is 3.14. The van der Waals surface area contributed by atoms with Crippen molar-refractivity contribution in [1.29, 1.82) is 0 Å². The highest BCUT2D eigenvalue weighted by Crippen LogP contribution is 2.42. The van der Waals surface area contributed by atoms with Crippen LogP contribution in [-0.2, 0) is 0 Å². The molecule has 1 aliphatic carbocycles. The van der Waals surface area contributed by atoms with Gasteiger partial charge in [0, 0.05) is 16.7 Å². The standard InChI is InChI=1S/C10H15N3OS2/c1-15-10(3-2-4-10)6-12-8(14)7-5-16-9(11)13-7/h5H,2-4,6H2,1H3,(H2,11,13)(H,12,14). The quantitative estimate of drug-likeness (QED) is 0.862. The van der Waals surface area contributed by atoms with Gasteiger partial charge in [-0.2, -0.15) is 11.8 Å². The van der Waals surface area contributed by atoms with Crippen LogP contribution in [0.4, 0.5) is 5.13 Å². The zero-order valence-corrected chi connectivity index (χ0v) is 10.8. The van der Waals surface area contributed by atoms with E-state index in [1.54, 1.807) is 5.38 Å². The Bertz CT molecular complexity index is 382. The number of anilines is 1. The molecular weight excluding hydrogens is 242 g/mol. The predicted molar refractivity (Wildman–Crippen MR) is 69.0 cm³/mol. The summed E-state index contributed by atoms with van der Waals surface area (Å²) in [6, 6.07) is 0. The van der Waals surface area contributed by atoms with Crippen LogP contribution in [0.3, 0.4) is 0 Å². The molecule has 1 aromatic rings. The van der Waals surface area contributed by atoms with E-state index in [2.05, 4.69) is 16.6 Å². The van der Waals surface area contributed by atoms with Gasteiger partial charge in [0.2, 0.25) is 0 Å². The maximum absolute atomic E-state index is 11.7. The fraction of sp³-hybridized carbons (Fsp3) is 0.600. The predicted octanol–water partition coefficient (Wildman–Crippen LogP) is 1.74. The summed E-state index contributed by atoms with van der Waals surface area (Å²) in [7, 11) is 0. The van der Waals surface area contributed by atoms with Gasteiger partial charge in [-0.05, 0) is 19.1 Å². The third-order valence-corrected chi connectivity index (χ3v) is 5.12. The van der Waals surface area contributed by atoms with E-state index in [0.29, 0.717) is 10.8 Å². The van der Waals surface area contributed by atoms with Crippen LogP contribution in [0, 0.1) is 0 Å². The molecule has 16 heavy (non-hydrogen) atoms. The van der Waals surface area contributed by atoms with Gasteiger partial charge in [0.1, 0.15) is 5.69 Å². The highest BCUT2D eigenvalue weighted by Gasteiger charge is 2.36. The SMILES string of the molecule is CSC1(CNC(=O)c2csc(N)n2)CCC1. The minimum absolute atomic E-state index is 0.117. The van der Waals surface area contributed by atoms with Crippen LogP contribution in [0.1, 0.15) is 29.8 Å². The number of hydrogen-bond acceptors (Lipinski definition) is 5. The maximum atomic E-state index is 11.7. The number of rotatable bonds is 4. The van der Waals surface area contributed by atoms with Crippen molar-refractivity contribution in [2.24, 2.45) is 0 Å². The van der Waals surface area contributed by atoms with Crippen molar-refractivity contribution in [1.82, 2.24) is 10.3 Å². The smallest absolute Gasteiger partial charge is 0.270 e. The van der Waals surface area contributed by atoms with E-state index < -0.39 is 0 Å². The van der Waals surface area contributed by atoms with Crippen molar-refractivity contribution in [2.75, 3.05) is 18.5 Å². The molecule has 0 bridgehead atoms. The van der Waals surface area contributed by atoms with Gasteiger partial charge in [-0.3, -0.25) is 4.79 Å². The van der Waals surface area contributed by atoms with Crippen molar-refractivity contribution < 1.29 is 4.79 Å². The molecule has 4 nitrogen and oxygen atoms in total. The third-order valence-electron chi connectivity index (χ3n) is 3.02. The highest BCUT2D eigenvalue weighted by atomic mass is 32.2. The van der Waals surface area contributed by atoms with E-state index in [0.717, 1.165) is 6.54 Å². The van der Waals surface area contributed by atoms with Crippen LogP contribution in [0.25, 0.3) is 0 Å². The molecule has 0 radical (unpaired) electrons. The normalized spacial score (nSPS) is 17.8. The van der Waals surface area contributed by atoms with E-state index in [4.69, 9.17) is 5.73 Å². The van der Waals surface area contributed by atoms with Gasteiger partial charge in [0.25, 0.3) is 5.91 Å². The number of hydrogen-bond donors (Lipinski definition) is 2. The summed E-state index contributed by atoms with van der Waals surface area (Å²) in [5.41, 5.74) is 5.91. The van der Waals surface area contributed by atoms with E-state index >= 15 is 0 Å². The van der Waals surface area contributed by atoms with Gasteiger partial charge in [-0.1, -0.05) is 6.42 Å². The number of aromatic nitrogens is 1. The molecule has 3 N–H and O–H groups in total. The Morgan fingerprint density at radius 3 is 2.94 bits per heavy atom. The molecule has 0 atom stereocenters. The van der Waals surface area contributed by atoms with E-state index in [-0.39, 0.29) is 10.7 Å². The Balaban J connectivity index is 1.88. The van der Waals surface area contributed by atoms with Gasteiger partial charge in [0.15, 0.2) is 5.13 Å². The first-order valence-electron chi connectivity index (χ1n) is 5.20. The summed E-state index contributed by atoms with van der Waals surface area (Å²) in [5.74, 6) is -0.117. The first-order valence-corrected chi connectivity index (χ1v) is 7.30. The Kier molecular flexibility index (Phi) is 3.39. The lowest BCUT2D eigenvalue weighted by molar-refractivity contribution is 0.0939. The van der Waals surface area contributed by atoms with Crippen LogP contribution in [0.2, 0.25) is 0 Å².